The quantitative estimate of drug-likeness (QED) is 0.349. The maximum atomic E-state index is 13.3. The van der Waals surface area contributed by atoms with Gasteiger partial charge in [0.2, 0.25) is 5.91 Å². The Labute approximate surface area is 185 Å². The van der Waals surface area contributed by atoms with E-state index >= 15 is 0 Å². The number of carbonyl (C=O) groups is 1. The largest absolute Gasteiger partial charge is 0.324 e. The summed E-state index contributed by atoms with van der Waals surface area (Å²) in [4.78, 5) is 43.7. The number of aromatic nitrogens is 2. The molecule has 0 aliphatic carbocycles. The van der Waals surface area contributed by atoms with Crippen molar-refractivity contribution < 1.29 is 9.72 Å². The minimum atomic E-state index is -0.521. The number of nitro groups is 1. The van der Waals surface area contributed by atoms with Crippen LogP contribution in [0.3, 0.4) is 0 Å². The van der Waals surface area contributed by atoms with Gasteiger partial charge >= 0.3 is 0 Å². The first-order chi connectivity index (χ1) is 14.8. The first kappa shape index (κ1) is 20.9. The molecule has 4 aromatic rings. The summed E-state index contributed by atoms with van der Waals surface area (Å²) < 4.78 is 1.34. The average molecular weight is 455 g/mol. The minimum Gasteiger partial charge on any atom is -0.324 e. The Morgan fingerprint density at radius 1 is 1.26 bits per heavy atom. The molecule has 0 fully saturated rings. The minimum absolute atomic E-state index is 0.119. The number of hydrogen-bond acceptors (Lipinski definition) is 7. The third kappa shape index (κ3) is 3.87. The monoisotopic (exact) mass is 454 g/mol. The van der Waals surface area contributed by atoms with Crippen LogP contribution in [-0.2, 0) is 11.3 Å². The molecule has 8 nitrogen and oxygen atoms in total. The lowest BCUT2D eigenvalue weighted by molar-refractivity contribution is -0.384. The van der Waals surface area contributed by atoms with Gasteiger partial charge in [-0.1, -0.05) is 12.1 Å². The molecule has 0 atom stereocenters. The molecule has 10 heteroatoms. The first-order valence-corrected chi connectivity index (χ1v) is 11.0. The number of aryl methyl sites for hydroxylation is 3. The molecule has 1 N–H and O–H groups in total. The van der Waals surface area contributed by atoms with Gasteiger partial charge in [0.15, 0.2) is 0 Å². The predicted molar refractivity (Wildman–Crippen MR) is 123 cm³/mol. The molecule has 0 bridgehead atoms. The second kappa shape index (κ2) is 8.05. The van der Waals surface area contributed by atoms with E-state index in [2.05, 4.69) is 10.3 Å². The molecule has 0 saturated carbocycles. The van der Waals surface area contributed by atoms with Gasteiger partial charge in [-0.15, -0.1) is 22.7 Å². The summed E-state index contributed by atoms with van der Waals surface area (Å²) in [5.41, 5.74) is 1.48. The van der Waals surface area contributed by atoms with Crippen molar-refractivity contribution in [2.75, 3.05) is 5.32 Å². The molecule has 158 valence electrons. The van der Waals surface area contributed by atoms with E-state index in [-0.39, 0.29) is 17.8 Å². The van der Waals surface area contributed by atoms with Crippen molar-refractivity contribution in [3.05, 3.63) is 72.4 Å². The van der Waals surface area contributed by atoms with Crippen LogP contribution in [0.15, 0.2) is 40.5 Å². The number of nitrogens with one attached hydrogen (secondary N) is 1. The van der Waals surface area contributed by atoms with Gasteiger partial charge in [-0.3, -0.25) is 24.3 Å². The molecule has 0 spiro atoms. The van der Waals surface area contributed by atoms with Crippen LogP contribution in [0.4, 0.5) is 11.4 Å². The molecule has 0 saturated heterocycles. The third-order valence-corrected chi connectivity index (χ3v) is 6.84. The fraction of sp³-hybridized carbons (Fsp3) is 0.190. The number of thiophene rings is 2. The van der Waals surface area contributed by atoms with Gasteiger partial charge in [0.05, 0.1) is 16.0 Å². The van der Waals surface area contributed by atoms with Gasteiger partial charge in [-0.05, 0) is 37.8 Å². The van der Waals surface area contributed by atoms with E-state index in [1.807, 2.05) is 24.4 Å². The van der Waals surface area contributed by atoms with E-state index in [9.17, 15) is 19.7 Å². The molecular formula is C21H18N4O4S2. The standard InChI is InChI=1S/C21H18N4O4S2/c1-11-6-7-14(25(28)29)9-15(11)23-17(26)10-24-13(3)22-20-19(21(24)27)18(12(2)31-20)16-5-4-8-30-16/h4-9H,10H2,1-3H3,(H,23,26). The Morgan fingerprint density at radius 2 is 2.03 bits per heavy atom. The Kier molecular flexibility index (Phi) is 5.42. The number of amides is 1. The van der Waals surface area contributed by atoms with Gasteiger partial charge in [-0.2, -0.15) is 0 Å². The normalized spacial score (nSPS) is 11.1. The van der Waals surface area contributed by atoms with Crippen molar-refractivity contribution in [2.24, 2.45) is 0 Å². The predicted octanol–water partition coefficient (Wildman–Crippen LogP) is 4.66. The molecule has 0 unspecified atom stereocenters. The van der Waals surface area contributed by atoms with Crippen LogP contribution in [0.5, 0.6) is 0 Å². The maximum Gasteiger partial charge on any atom is 0.271 e. The third-order valence-electron chi connectivity index (χ3n) is 4.95. The second-order valence-corrected chi connectivity index (χ2v) is 9.20. The molecular weight excluding hydrogens is 436 g/mol. The van der Waals surface area contributed by atoms with Crippen molar-refractivity contribution in [1.82, 2.24) is 9.55 Å². The average Bonchev–Trinajstić information content (AvgIpc) is 3.33. The van der Waals surface area contributed by atoms with E-state index in [4.69, 9.17) is 0 Å². The summed E-state index contributed by atoms with van der Waals surface area (Å²) in [6, 6.07) is 8.14. The first-order valence-electron chi connectivity index (χ1n) is 9.35. The Bertz CT molecular complexity index is 1390. The van der Waals surface area contributed by atoms with Crippen LogP contribution in [0.2, 0.25) is 0 Å². The highest BCUT2D eigenvalue weighted by Crippen LogP contribution is 2.37. The number of hydrogen-bond donors (Lipinski definition) is 1. The number of nitro benzene ring substituents is 1. The van der Waals surface area contributed by atoms with Crippen LogP contribution in [0.1, 0.15) is 16.3 Å². The van der Waals surface area contributed by atoms with Crippen LogP contribution in [-0.4, -0.2) is 20.4 Å². The van der Waals surface area contributed by atoms with E-state index in [1.54, 1.807) is 31.3 Å². The van der Waals surface area contributed by atoms with Crippen LogP contribution < -0.4 is 10.9 Å². The number of non-ortho nitro benzene ring substituents is 1. The molecule has 4 rings (SSSR count). The molecule has 0 aliphatic heterocycles. The highest BCUT2D eigenvalue weighted by Gasteiger charge is 2.20. The Morgan fingerprint density at radius 3 is 2.71 bits per heavy atom. The number of carbonyl (C=O) groups excluding carboxylic acids is 1. The summed E-state index contributed by atoms with van der Waals surface area (Å²) in [5.74, 6) is -0.0260. The van der Waals surface area contributed by atoms with Crippen LogP contribution in [0, 0.1) is 30.9 Å². The van der Waals surface area contributed by atoms with E-state index in [0.29, 0.717) is 27.3 Å². The van der Waals surface area contributed by atoms with Gasteiger partial charge in [0, 0.05) is 27.5 Å². The fourth-order valence-corrected chi connectivity index (χ4v) is 5.36. The van der Waals surface area contributed by atoms with Crippen molar-refractivity contribution in [2.45, 2.75) is 27.3 Å². The molecule has 1 aromatic carbocycles. The lowest BCUT2D eigenvalue weighted by atomic mass is 10.1. The summed E-state index contributed by atoms with van der Waals surface area (Å²) in [7, 11) is 0. The molecule has 1 amide bonds. The highest BCUT2D eigenvalue weighted by molar-refractivity contribution is 7.20. The fourth-order valence-electron chi connectivity index (χ4n) is 3.39. The van der Waals surface area contributed by atoms with E-state index in [1.165, 1.54) is 28.0 Å². The molecule has 3 heterocycles. The van der Waals surface area contributed by atoms with Gasteiger partial charge < -0.3 is 5.32 Å². The van der Waals surface area contributed by atoms with Crippen LogP contribution >= 0.6 is 22.7 Å². The summed E-state index contributed by atoms with van der Waals surface area (Å²) >= 11 is 3.01. The summed E-state index contributed by atoms with van der Waals surface area (Å²) in [6.45, 7) is 5.14. The van der Waals surface area contributed by atoms with Crippen LogP contribution in [0.25, 0.3) is 20.7 Å². The van der Waals surface area contributed by atoms with Gasteiger partial charge in [0.25, 0.3) is 11.2 Å². The van der Waals surface area contributed by atoms with Crippen molar-refractivity contribution in [3.63, 3.8) is 0 Å². The number of fused-ring (bicyclic) bond motifs is 1. The highest BCUT2D eigenvalue weighted by atomic mass is 32.1. The number of nitrogens with zero attached hydrogens (tertiary/aromatic N) is 3. The smallest absolute Gasteiger partial charge is 0.271 e. The second-order valence-electron chi connectivity index (χ2n) is 7.05. The summed E-state index contributed by atoms with van der Waals surface area (Å²) in [5, 5.41) is 16.2. The zero-order valence-electron chi connectivity index (χ0n) is 17.0. The van der Waals surface area contributed by atoms with Crippen molar-refractivity contribution >= 4 is 50.2 Å². The molecule has 31 heavy (non-hydrogen) atoms. The summed E-state index contributed by atoms with van der Waals surface area (Å²) in [6.07, 6.45) is 0. The van der Waals surface area contributed by atoms with E-state index in [0.717, 1.165) is 15.3 Å². The van der Waals surface area contributed by atoms with Crippen molar-refractivity contribution in [3.8, 4) is 10.4 Å². The van der Waals surface area contributed by atoms with Gasteiger partial charge in [-0.25, -0.2) is 4.98 Å². The zero-order chi connectivity index (χ0) is 22.3. The topological polar surface area (TPSA) is 107 Å². The van der Waals surface area contributed by atoms with E-state index < -0.39 is 10.8 Å². The number of benzene rings is 1. The lowest BCUT2D eigenvalue weighted by Gasteiger charge is -2.12. The maximum absolute atomic E-state index is 13.3. The molecule has 0 radical (unpaired) electrons. The Hall–Kier alpha value is -3.37. The van der Waals surface area contributed by atoms with Crippen molar-refractivity contribution in [1.29, 1.82) is 0 Å². The lowest BCUT2D eigenvalue weighted by Crippen LogP contribution is -2.30. The van der Waals surface area contributed by atoms with Gasteiger partial charge in [0.1, 0.15) is 17.2 Å². The number of anilines is 1. The number of rotatable bonds is 5. The Balaban J connectivity index is 1.71. The molecule has 3 aromatic heterocycles. The SMILES string of the molecule is Cc1ccc([N+](=O)[O-])cc1NC(=O)Cn1c(C)nc2sc(C)c(-c3cccs3)c2c1=O. The molecule has 0 aliphatic rings. The zero-order valence-corrected chi connectivity index (χ0v) is 18.6.